The van der Waals surface area contributed by atoms with Gasteiger partial charge in [-0.25, -0.2) is 0 Å². The second kappa shape index (κ2) is 7.69. The fraction of sp³-hybridized carbons (Fsp3) is 0.538. The van der Waals surface area contributed by atoms with Crippen LogP contribution in [0.2, 0.25) is 0 Å². The van der Waals surface area contributed by atoms with Crippen LogP contribution < -0.4 is 10.1 Å². The minimum atomic E-state index is -0.370. The van der Waals surface area contributed by atoms with Gasteiger partial charge >= 0.3 is 0 Å². The van der Waals surface area contributed by atoms with Gasteiger partial charge in [-0.15, -0.1) is 0 Å². The van der Waals surface area contributed by atoms with E-state index in [-0.39, 0.29) is 6.10 Å². The number of aliphatic hydroxyl groups is 1. The van der Waals surface area contributed by atoms with E-state index in [0.29, 0.717) is 13.0 Å². The average molecular weight is 302 g/mol. The molecule has 0 aliphatic carbocycles. The Balaban J connectivity index is 2.54. The Bertz CT molecular complexity index is 344. The third-order valence-electron chi connectivity index (χ3n) is 2.52. The molecule has 1 unspecified atom stereocenters. The van der Waals surface area contributed by atoms with Crippen LogP contribution >= 0.6 is 15.9 Å². The zero-order valence-electron chi connectivity index (χ0n) is 10.4. The zero-order valence-corrected chi connectivity index (χ0v) is 12.0. The van der Waals surface area contributed by atoms with Crippen LogP contribution in [-0.2, 0) is 6.42 Å². The van der Waals surface area contributed by atoms with Crippen molar-refractivity contribution in [1.29, 1.82) is 0 Å². The van der Waals surface area contributed by atoms with E-state index in [4.69, 9.17) is 4.74 Å². The summed E-state index contributed by atoms with van der Waals surface area (Å²) in [4.78, 5) is 0. The maximum atomic E-state index is 9.89. The molecular weight excluding hydrogens is 282 g/mol. The van der Waals surface area contributed by atoms with Crippen LogP contribution in [0.15, 0.2) is 22.7 Å². The average Bonchev–Trinajstić information content (AvgIpc) is 2.32. The molecule has 1 aromatic rings. The number of hydrogen-bond donors (Lipinski definition) is 2. The zero-order chi connectivity index (χ0) is 12.7. The van der Waals surface area contributed by atoms with Crippen molar-refractivity contribution in [3.63, 3.8) is 0 Å². The van der Waals surface area contributed by atoms with Crippen LogP contribution in [0, 0.1) is 0 Å². The van der Waals surface area contributed by atoms with Gasteiger partial charge in [0.25, 0.3) is 0 Å². The summed E-state index contributed by atoms with van der Waals surface area (Å²) in [6.45, 7) is 3.67. The van der Waals surface area contributed by atoms with E-state index >= 15 is 0 Å². The third kappa shape index (κ3) is 5.06. The van der Waals surface area contributed by atoms with E-state index in [1.54, 1.807) is 7.11 Å². The molecule has 0 aromatic heterocycles. The monoisotopic (exact) mass is 301 g/mol. The van der Waals surface area contributed by atoms with E-state index in [9.17, 15) is 5.11 Å². The molecule has 3 nitrogen and oxygen atoms in total. The molecule has 0 spiro atoms. The normalized spacial score (nSPS) is 12.5. The third-order valence-corrected chi connectivity index (χ3v) is 3.29. The Labute approximate surface area is 111 Å². The van der Waals surface area contributed by atoms with Gasteiger partial charge in [0.15, 0.2) is 0 Å². The first-order chi connectivity index (χ1) is 8.17. The number of hydrogen-bond acceptors (Lipinski definition) is 3. The number of benzene rings is 1. The molecule has 1 aromatic carbocycles. The highest BCUT2D eigenvalue weighted by Crippen LogP contribution is 2.23. The Hall–Kier alpha value is -0.580. The van der Waals surface area contributed by atoms with Crippen molar-refractivity contribution in [2.24, 2.45) is 0 Å². The summed E-state index contributed by atoms with van der Waals surface area (Å²) < 4.78 is 6.18. The summed E-state index contributed by atoms with van der Waals surface area (Å²) in [5.74, 6) is 0.817. The molecular formula is C13H20BrNO2. The minimum absolute atomic E-state index is 0.370. The molecule has 0 saturated heterocycles. The Kier molecular flexibility index (Phi) is 6.55. The maximum Gasteiger partial charge on any atom is 0.119 e. The molecule has 0 amide bonds. The van der Waals surface area contributed by atoms with Crippen molar-refractivity contribution in [1.82, 2.24) is 5.32 Å². The molecule has 2 N–H and O–H groups in total. The minimum Gasteiger partial charge on any atom is -0.497 e. The number of methoxy groups -OCH3 is 1. The first kappa shape index (κ1) is 14.5. The number of rotatable bonds is 7. The molecule has 0 bridgehead atoms. The molecule has 17 heavy (non-hydrogen) atoms. The standard InChI is InChI=1S/C13H20BrNO2/c1-3-6-15-9-11(16)7-10-8-12(17-2)4-5-13(10)14/h4-5,8,11,15-16H,3,6-7,9H2,1-2H3. The highest BCUT2D eigenvalue weighted by Gasteiger charge is 2.09. The summed E-state index contributed by atoms with van der Waals surface area (Å²) in [5, 5.41) is 13.1. The SMILES string of the molecule is CCCNCC(O)Cc1cc(OC)ccc1Br. The molecule has 0 aliphatic heterocycles. The van der Waals surface area contributed by atoms with Crippen LogP contribution in [0.4, 0.5) is 0 Å². The summed E-state index contributed by atoms with van der Waals surface area (Å²) in [6, 6.07) is 5.79. The molecule has 96 valence electrons. The molecule has 0 fully saturated rings. The molecule has 0 saturated carbocycles. The van der Waals surface area contributed by atoms with Crippen molar-refractivity contribution in [2.45, 2.75) is 25.9 Å². The van der Waals surface area contributed by atoms with Crippen molar-refractivity contribution in [2.75, 3.05) is 20.2 Å². The first-order valence-electron chi connectivity index (χ1n) is 5.88. The highest BCUT2D eigenvalue weighted by molar-refractivity contribution is 9.10. The van der Waals surface area contributed by atoms with Gasteiger partial charge in [0.2, 0.25) is 0 Å². The number of nitrogens with one attached hydrogen (secondary N) is 1. The molecule has 0 heterocycles. The smallest absolute Gasteiger partial charge is 0.119 e. The number of ether oxygens (including phenoxy) is 1. The number of halogens is 1. The fourth-order valence-corrected chi connectivity index (χ4v) is 2.01. The lowest BCUT2D eigenvalue weighted by molar-refractivity contribution is 0.172. The maximum absolute atomic E-state index is 9.89. The van der Waals surface area contributed by atoms with Gasteiger partial charge in [-0.3, -0.25) is 0 Å². The van der Waals surface area contributed by atoms with Crippen molar-refractivity contribution < 1.29 is 9.84 Å². The van der Waals surface area contributed by atoms with Crippen molar-refractivity contribution in [3.8, 4) is 5.75 Å². The predicted molar refractivity (Wildman–Crippen MR) is 73.6 cm³/mol. The summed E-state index contributed by atoms with van der Waals surface area (Å²) in [7, 11) is 1.65. The van der Waals surface area contributed by atoms with Gasteiger partial charge in [0, 0.05) is 17.4 Å². The van der Waals surface area contributed by atoms with Gasteiger partial charge < -0.3 is 15.2 Å². The van der Waals surface area contributed by atoms with Gasteiger partial charge in [0.1, 0.15) is 5.75 Å². The summed E-state index contributed by atoms with van der Waals surface area (Å²) in [6.07, 6.45) is 1.33. The summed E-state index contributed by atoms with van der Waals surface area (Å²) >= 11 is 3.48. The van der Waals surface area contributed by atoms with E-state index < -0.39 is 0 Å². The van der Waals surface area contributed by atoms with Crippen LogP contribution in [0.25, 0.3) is 0 Å². The second-order valence-electron chi connectivity index (χ2n) is 4.02. The van der Waals surface area contributed by atoms with Crippen molar-refractivity contribution >= 4 is 15.9 Å². The fourth-order valence-electron chi connectivity index (χ4n) is 1.61. The second-order valence-corrected chi connectivity index (χ2v) is 4.87. The van der Waals surface area contributed by atoms with Gasteiger partial charge in [-0.05, 0) is 36.7 Å². The van der Waals surface area contributed by atoms with Gasteiger partial charge in [-0.2, -0.15) is 0 Å². The Morgan fingerprint density at radius 3 is 2.88 bits per heavy atom. The first-order valence-corrected chi connectivity index (χ1v) is 6.67. The lowest BCUT2D eigenvalue weighted by Crippen LogP contribution is -2.28. The molecule has 4 heteroatoms. The molecule has 1 atom stereocenters. The van der Waals surface area contributed by atoms with Crippen LogP contribution in [-0.4, -0.2) is 31.4 Å². The largest absolute Gasteiger partial charge is 0.497 e. The Morgan fingerprint density at radius 1 is 1.47 bits per heavy atom. The molecule has 0 aliphatic rings. The van der Waals surface area contributed by atoms with Gasteiger partial charge in [0.05, 0.1) is 13.2 Å². The lowest BCUT2D eigenvalue weighted by atomic mass is 10.1. The van der Waals surface area contributed by atoms with Gasteiger partial charge in [-0.1, -0.05) is 22.9 Å². The summed E-state index contributed by atoms with van der Waals surface area (Å²) in [5.41, 5.74) is 1.06. The topological polar surface area (TPSA) is 41.5 Å². The molecule has 0 radical (unpaired) electrons. The van der Waals surface area contributed by atoms with Crippen molar-refractivity contribution in [3.05, 3.63) is 28.2 Å². The van der Waals surface area contributed by atoms with Crippen LogP contribution in [0.5, 0.6) is 5.75 Å². The van der Waals surface area contributed by atoms with E-state index in [0.717, 1.165) is 28.8 Å². The van der Waals surface area contributed by atoms with Crippen LogP contribution in [0.1, 0.15) is 18.9 Å². The van der Waals surface area contributed by atoms with Crippen LogP contribution in [0.3, 0.4) is 0 Å². The Morgan fingerprint density at radius 2 is 2.24 bits per heavy atom. The quantitative estimate of drug-likeness (QED) is 0.760. The lowest BCUT2D eigenvalue weighted by Gasteiger charge is -2.13. The van der Waals surface area contributed by atoms with E-state index in [1.807, 2.05) is 18.2 Å². The van der Waals surface area contributed by atoms with E-state index in [1.165, 1.54) is 0 Å². The van der Waals surface area contributed by atoms with E-state index in [2.05, 4.69) is 28.2 Å². The number of aliphatic hydroxyl groups excluding tert-OH is 1. The highest BCUT2D eigenvalue weighted by atomic mass is 79.9. The predicted octanol–water partition coefficient (Wildman–Crippen LogP) is 2.36. The molecule has 1 rings (SSSR count).